The van der Waals surface area contributed by atoms with Crippen LogP contribution in [0.4, 0.5) is 0 Å². The predicted octanol–water partition coefficient (Wildman–Crippen LogP) is 3.74. The molecule has 23 heavy (non-hydrogen) atoms. The normalized spacial score (nSPS) is 13.3. The van der Waals surface area contributed by atoms with Gasteiger partial charge >= 0.3 is 13.6 Å². The Kier molecular flexibility index (Phi) is 5.63. The Morgan fingerprint density at radius 3 is 2.43 bits per heavy atom. The zero-order chi connectivity index (χ0) is 17.0. The van der Waals surface area contributed by atoms with Crippen molar-refractivity contribution in [3.05, 3.63) is 35.5 Å². The van der Waals surface area contributed by atoms with E-state index in [4.69, 9.17) is 9.05 Å². The Labute approximate surface area is 135 Å². The summed E-state index contributed by atoms with van der Waals surface area (Å²) in [7, 11) is -3.74. The van der Waals surface area contributed by atoms with Crippen LogP contribution in [0.5, 0.6) is 0 Å². The van der Waals surface area contributed by atoms with Crippen LogP contribution in [0.25, 0.3) is 10.9 Å². The molecule has 1 unspecified atom stereocenters. The number of para-hydroxylation sites is 1. The standard InChI is InChI=1S/C16H22NO5P/c1-4-21-23(20,22-5-2)15(16(18)19)10-13-11(3)17-14-9-7-6-8-12(13)14/h6-9,15,17H,4-5,10H2,1-3H3,(H,18,19). The molecule has 0 saturated heterocycles. The molecule has 1 aromatic carbocycles. The highest BCUT2D eigenvalue weighted by molar-refractivity contribution is 7.55. The Morgan fingerprint density at radius 2 is 1.87 bits per heavy atom. The maximum absolute atomic E-state index is 12.9. The van der Waals surface area contributed by atoms with Crippen LogP contribution in [0, 0.1) is 6.92 Å². The van der Waals surface area contributed by atoms with Crippen molar-refractivity contribution < 1.29 is 23.5 Å². The number of carboxylic acid groups (broad SMARTS) is 1. The van der Waals surface area contributed by atoms with Crippen molar-refractivity contribution in [1.82, 2.24) is 4.98 Å². The van der Waals surface area contributed by atoms with Gasteiger partial charge in [0, 0.05) is 16.6 Å². The Balaban J connectivity index is 2.44. The predicted molar refractivity (Wildman–Crippen MR) is 89.0 cm³/mol. The molecule has 0 fully saturated rings. The molecule has 7 heteroatoms. The smallest absolute Gasteiger partial charge is 0.345 e. The molecule has 0 bridgehead atoms. The lowest BCUT2D eigenvalue weighted by Gasteiger charge is -2.23. The Bertz CT molecular complexity index is 729. The first-order chi connectivity index (χ1) is 10.9. The maximum atomic E-state index is 12.9. The van der Waals surface area contributed by atoms with Crippen molar-refractivity contribution >= 4 is 24.5 Å². The SMILES string of the molecule is CCOP(=O)(OCC)C(Cc1c(C)[nH]c2ccccc12)C(=O)O. The third-order valence-electron chi connectivity index (χ3n) is 3.71. The van der Waals surface area contributed by atoms with Crippen LogP contribution in [0.2, 0.25) is 0 Å². The lowest BCUT2D eigenvalue weighted by Crippen LogP contribution is -2.26. The van der Waals surface area contributed by atoms with Gasteiger partial charge in [-0.1, -0.05) is 18.2 Å². The average Bonchev–Trinajstić information content (AvgIpc) is 2.80. The first kappa shape index (κ1) is 17.7. The van der Waals surface area contributed by atoms with Gasteiger partial charge in [-0.15, -0.1) is 0 Å². The van der Waals surface area contributed by atoms with E-state index in [0.29, 0.717) is 0 Å². The Morgan fingerprint density at radius 1 is 1.26 bits per heavy atom. The number of rotatable bonds is 8. The van der Waals surface area contributed by atoms with E-state index in [1.165, 1.54) is 0 Å². The number of nitrogens with one attached hydrogen (secondary N) is 1. The zero-order valence-electron chi connectivity index (χ0n) is 13.5. The highest BCUT2D eigenvalue weighted by Crippen LogP contribution is 2.54. The van der Waals surface area contributed by atoms with Gasteiger partial charge in [-0.25, -0.2) is 0 Å². The molecule has 1 aromatic heterocycles. The van der Waals surface area contributed by atoms with E-state index in [9.17, 15) is 14.5 Å². The number of carboxylic acids is 1. The van der Waals surface area contributed by atoms with E-state index in [-0.39, 0.29) is 19.6 Å². The lowest BCUT2D eigenvalue weighted by atomic mass is 10.1. The molecule has 1 atom stereocenters. The van der Waals surface area contributed by atoms with Gasteiger partial charge in [0.05, 0.1) is 13.2 Å². The van der Waals surface area contributed by atoms with E-state index < -0.39 is 19.2 Å². The van der Waals surface area contributed by atoms with Gasteiger partial charge in [0.2, 0.25) is 0 Å². The summed E-state index contributed by atoms with van der Waals surface area (Å²) in [6.45, 7) is 5.48. The highest BCUT2D eigenvalue weighted by atomic mass is 31.2. The van der Waals surface area contributed by atoms with Crippen LogP contribution in [-0.2, 0) is 24.8 Å². The highest BCUT2D eigenvalue weighted by Gasteiger charge is 2.41. The topological polar surface area (TPSA) is 88.6 Å². The zero-order valence-corrected chi connectivity index (χ0v) is 14.4. The summed E-state index contributed by atoms with van der Waals surface area (Å²) in [5.41, 5.74) is 1.37. The van der Waals surface area contributed by atoms with Crippen molar-refractivity contribution in [3.63, 3.8) is 0 Å². The molecule has 2 rings (SSSR count). The maximum Gasteiger partial charge on any atom is 0.345 e. The fourth-order valence-electron chi connectivity index (χ4n) is 2.70. The molecule has 0 saturated carbocycles. The van der Waals surface area contributed by atoms with Gasteiger partial charge in [0.1, 0.15) is 0 Å². The van der Waals surface area contributed by atoms with Crippen molar-refractivity contribution in [3.8, 4) is 0 Å². The molecule has 0 aliphatic heterocycles. The summed E-state index contributed by atoms with van der Waals surface area (Å²) >= 11 is 0. The number of benzene rings is 1. The summed E-state index contributed by atoms with van der Waals surface area (Å²) in [6.07, 6.45) is 0.0858. The van der Waals surface area contributed by atoms with Gasteiger partial charge in [-0.05, 0) is 38.8 Å². The molecule has 6 nitrogen and oxygen atoms in total. The number of aromatic amines is 1. The third kappa shape index (κ3) is 3.66. The van der Waals surface area contributed by atoms with Crippen LogP contribution in [0.15, 0.2) is 24.3 Å². The summed E-state index contributed by atoms with van der Waals surface area (Å²) < 4.78 is 23.4. The van der Waals surface area contributed by atoms with E-state index >= 15 is 0 Å². The van der Waals surface area contributed by atoms with Gasteiger partial charge in [-0.3, -0.25) is 9.36 Å². The average molecular weight is 339 g/mol. The molecule has 0 aliphatic carbocycles. The van der Waals surface area contributed by atoms with Crippen LogP contribution < -0.4 is 0 Å². The van der Waals surface area contributed by atoms with Crippen molar-refractivity contribution in [2.45, 2.75) is 32.9 Å². The van der Waals surface area contributed by atoms with E-state index in [2.05, 4.69) is 4.98 Å². The quantitative estimate of drug-likeness (QED) is 0.715. The van der Waals surface area contributed by atoms with Crippen LogP contribution in [-0.4, -0.2) is 34.9 Å². The summed E-state index contributed by atoms with van der Waals surface area (Å²) in [5.74, 6) is -1.18. The van der Waals surface area contributed by atoms with Gasteiger partial charge in [-0.2, -0.15) is 0 Å². The van der Waals surface area contributed by atoms with Crippen molar-refractivity contribution in [2.75, 3.05) is 13.2 Å². The second-order valence-corrected chi connectivity index (χ2v) is 7.43. The molecular weight excluding hydrogens is 317 g/mol. The number of carbonyl (C=O) groups is 1. The molecule has 2 aromatic rings. The Hall–Kier alpha value is -1.62. The summed E-state index contributed by atoms with van der Waals surface area (Å²) in [4.78, 5) is 14.9. The fraction of sp³-hybridized carbons (Fsp3) is 0.438. The van der Waals surface area contributed by atoms with E-state index in [0.717, 1.165) is 22.2 Å². The minimum atomic E-state index is -3.74. The number of hydrogen-bond acceptors (Lipinski definition) is 4. The van der Waals surface area contributed by atoms with Gasteiger partial charge < -0.3 is 19.1 Å². The molecule has 126 valence electrons. The molecule has 0 radical (unpaired) electrons. The van der Waals surface area contributed by atoms with Crippen LogP contribution in [0.3, 0.4) is 0 Å². The molecule has 0 spiro atoms. The third-order valence-corrected chi connectivity index (χ3v) is 6.11. The van der Waals surface area contributed by atoms with Gasteiger partial charge in [0.25, 0.3) is 0 Å². The number of hydrogen-bond donors (Lipinski definition) is 2. The molecule has 1 heterocycles. The molecule has 0 aliphatic rings. The van der Waals surface area contributed by atoms with E-state index in [1.807, 2.05) is 31.2 Å². The van der Waals surface area contributed by atoms with Crippen LogP contribution >= 0.6 is 7.60 Å². The minimum absolute atomic E-state index is 0.0858. The van der Waals surface area contributed by atoms with Crippen LogP contribution in [0.1, 0.15) is 25.1 Å². The van der Waals surface area contributed by atoms with Crippen molar-refractivity contribution in [2.24, 2.45) is 0 Å². The number of aryl methyl sites for hydroxylation is 1. The second-order valence-electron chi connectivity index (χ2n) is 5.21. The fourth-order valence-corrected chi connectivity index (χ4v) is 4.53. The number of H-pyrrole nitrogens is 1. The second kappa shape index (κ2) is 7.30. The number of aromatic nitrogens is 1. The lowest BCUT2D eigenvalue weighted by molar-refractivity contribution is -0.137. The van der Waals surface area contributed by atoms with E-state index in [1.54, 1.807) is 13.8 Å². The largest absolute Gasteiger partial charge is 0.481 e. The number of aliphatic carboxylic acids is 1. The summed E-state index contributed by atoms with van der Waals surface area (Å²) in [6, 6.07) is 7.63. The van der Waals surface area contributed by atoms with Crippen molar-refractivity contribution in [1.29, 1.82) is 0 Å². The molecule has 0 amide bonds. The molecular formula is C16H22NO5P. The van der Waals surface area contributed by atoms with Gasteiger partial charge in [0.15, 0.2) is 5.66 Å². The number of fused-ring (bicyclic) bond motifs is 1. The molecule has 2 N–H and O–H groups in total. The minimum Gasteiger partial charge on any atom is -0.481 e. The first-order valence-corrected chi connectivity index (χ1v) is 9.21. The summed E-state index contributed by atoms with van der Waals surface area (Å²) in [5, 5.41) is 10.5. The first-order valence-electron chi connectivity index (χ1n) is 7.60. The monoisotopic (exact) mass is 339 g/mol.